The Morgan fingerprint density at radius 1 is 1.24 bits per heavy atom. The molecule has 2 aromatic rings. The third-order valence-electron chi connectivity index (χ3n) is 2.69. The molecule has 0 radical (unpaired) electrons. The smallest absolute Gasteiger partial charge is 0.264 e. The molecule has 0 aromatic heterocycles. The first-order valence-corrected chi connectivity index (χ1v) is 8.45. The molecule has 3 N–H and O–H groups in total. The number of sulfonamides is 1. The first-order chi connectivity index (χ1) is 9.83. The van der Waals surface area contributed by atoms with Gasteiger partial charge in [-0.2, -0.15) is 0 Å². The molecule has 0 amide bonds. The number of anilines is 1. The summed E-state index contributed by atoms with van der Waals surface area (Å²) in [5.74, 6) is -0.840. The van der Waals surface area contributed by atoms with E-state index in [1.165, 1.54) is 30.3 Å². The molecule has 21 heavy (non-hydrogen) atoms. The Kier molecular flexibility index (Phi) is 4.88. The van der Waals surface area contributed by atoms with E-state index in [4.69, 9.17) is 17.3 Å². The lowest BCUT2D eigenvalue weighted by molar-refractivity contribution is 0.569. The van der Waals surface area contributed by atoms with Crippen molar-refractivity contribution in [3.63, 3.8) is 0 Å². The summed E-state index contributed by atoms with van der Waals surface area (Å²) in [6.07, 6.45) is 0. The molecular formula is C13H11BrClFN2O2S. The van der Waals surface area contributed by atoms with Gasteiger partial charge in [0.15, 0.2) is 0 Å². The maximum atomic E-state index is 13.8. The molecule has 2 aromatic carbocycles. The van der Waals surface area contributed by atoms with Gasteiger partial charge in [-0.25, -0.2) is 12.8 Å². The molecule has 4 nitrogen and oxygen atoms in total. The van der Waals surface area contributed by atoms with Gasteiger partial charge in [0.25, 0.3) is 10.0 Å². The molecule has 0 heterocycles. The van der Waals surface area contributed by atoms with Gasteiger partial charge >= 0.3 is 0 Å². The van der Waals surface area contributed by atoms with Crippen molar-refractivity contribution < 1.29 is 12.8 Å². The Morgan fingerprint density at radius 2 is 1.95 bits per heavy atom. The van der Waals surface area contributed by atoms with Crippen LogP contribution in [-0.2, 0) is 16.6 Å². The lowest BCUT2D eigenvalue weighted by Gasteiger charge is -2.10. The van der Waals surface area contributed by atoms with Crippen molar-refractivity contribution in [2.24, 2.45) is 5.73 Å². The minimum atomic E-state index is -4.05. The summed E-state index contributed by atoms with van der Waals surface area (Å²) in [5.41, 5.74) is 6.23. The van der Waals surface area contributed by atoms with E-state index < -0.39 is 20.7 Å². The third kappa shape index (κ3) is 3.74. The molecule has 0 saturated carbocycles. The minimum absolute atomic E-state index is 0.120. The van der Waals surface area contributed by atoms with Crippen LogP contribution < -0.4 is 10.5 Å². The summed E-state index contributed by atoms with van der Waals surface area (Å²) in [7, 11) is -4.05. The Morgan fingerprint density at radius 3 is 2.57 bits per heavy atom. The highest BCUT2D eigenvalue weighted by atomic mass is 79.9. The van der Waals surface area contributed by atoms with E-state index in [1.807, 2.05) is 0 Å². The van der Waals surface area contributed by atoms with Crippen LogP contribution in [0, 0.1) is 5.82 Å². The monoisotopic (exact) mass is 392 g/mol. The van der Waals surface area contributed by atoms with Gasteiger partial charge in [0.1, 0.15) is 10.7 Å². The largest absolute Gasteiger partial charge is 0.326 e. The predicted octanol–water partition coefficient (Wildman–Crippen LogP) is 3.50. The van der Waals surface area contributed by atoms with E-state index >= 15 is 0 Å². The normalized spacial score (nSPS) is 11.4. The number of benzene rings is 2. The van der Waals surface area contributed by atoms with Crippen molar-refractivity contribution in [2.45, 2.75) is 11.4 Å². The molecule has 0 aliphatic rings. The van der Waals surface area contributed by atoms with E-state index in [0.717, 1.165) is 6.07 Å². The van der Waals surface area contributed by atoms with E-state index in [1.54, 1.807) is 0 Å². The highest BCUT2D eigenvalue weighted by molar-refractivity contribution is 9.10. The second kappa shape index (κ2) is 6.31. The fourth-order valence-electron chi connectivity index (χ4n) is 1.65. The zero-order valence-corrected chi connectivity index (χ0v) is 13.8. The molecule has 112 valence electrons. The summed E-state index contributed by atoms with van der Waals surface area (Å²) >= 11 is 9.03. The van der Waals surface area contributed by atoms with Crippen molar-refractivity contribution in [3.8, 4) is 0 Å². The number of hydrogen-bond donors (Lipinski definition) is 2. The fourth-order valence-corrected chi connectivity index (χ4v) is 3.33. The Labute approximate surface area is 135 Å². The van der Waals surface area contributed by atoms with E-state index in [0.29, 0.717) is 15.1 Å². The molecule has 0 spiro atoms. The number of nitrogens with one attached hydrogen (secondary N) is 1. The van der Waals surface area contributed by atoms with E-state index in [2.05, 4.69) is 20.7 Å². The van der Waals surface area contributed by atoms with Crippen LogP contribution in [0.15, 0.2) is 45.8 Å². The summed E-state index contributed by atoms with van der Waals surface area (Å²) < 4.78 is 41.1. The maximum Gasteiger partial charge on any atom is 0.264 e. The van der Waals surface area contributed by atoms with Crippen LogP contribution in [0.4, 0.5) is 10.1 Å². The van der Waals surface area contributed by atoms with Crippen LogP contribution in [0.1, 0.15) is 5.56 Å². The lowest BCUT2D eigenvalue weighted by Crippen LogP contribution is -2.15. The number of nitrogens with two attached hydrogens (primary N) is 1. The second-order valence-electron chi connectivity index (χ2n) is 4.20. The number of halogens is 3. The van der Waals surface area contributed by atoms with Gasteiger partial charge in [0.2, 0.25) is 0 Å². The molecule has 0 aliphatic heterocycles. The molecule has 0 unspecified atom stereocenters. The summed E-state index contributed by atoms with van der Waals surface area (Å²) in [4.78, 5) is -0.448. The Hall–Kier alpha value is -1.15. The summed E-state index contributed by atoms with van der Waals surface area (Å²) in [5, 5.41) is 0.439. The first kappa shape index (κ1) is 16.2. The Bertz CT molecular complexity index is 784. The van der Waals surface area contributed by atoms with Gasteiger partial charge < -0.3 is 5.73 Å². The minimum Gasteiger partial charge on any atom is -0.326 e. The maximum absolute atomic E-state index is 13.8. The standard InChI is InChI=1S/C13H11BrClFN2O2S/c14-10-6-9(2-3-11(10)15)18-21(19,20)13-5-8(7-17)1-4-12(13)16/h1-6,18H,7,17H2. The predicted molar refractivity (Wildman–Crippen MR) is 84.3 cm³/mol. The third-order valence-corrected chi connectivity index (χ3v) is 5.30. The van der Waals surface area contributed by atoms with Gasteiger partial charge in [-0.15, -0.1) is 0 Å². The van der Waals surface area contributed by atoms with Gasteiger partial charge in [-0.3, -0.25) is 4.72 Å². The van der Waals surface area contributed by atoms with Crippen molar-refractivity contribution in [1.29, 1.82) is 0 Å². The van der Waals surface area contributed by atoms with Crippen LogP contribution >= 0.6 is 27.5 Å². The molecule has 0 bridgehead atoms. The highest BCUT2D eigenvalue weighted by Gasteiger charge is 2.20. The van der Waals surface area contributed by atoms with Crippen LogP contribution in [0.2, 0.25) is 5.02 Å². The SMILES string of the molecule is NCc1ccc(F)c(S(=O)(=O)Nc2ccc(Cl)c(Br)c2)c1. The molecule has 0 aliphatic carbocycles. The topological polar surface area (TPSA) is 72.2 Å². The molecule has 0 fully saturated rings. The van der Waals surface area contributed by atoms with Gasteiger partial charge in [-0.1, -0.05) is 17.7 Å². The summed E-state index contributed by atoms with van der Waals surface area (Å²) in [6.45, 7) is 0.120. The second-order valence-corrected chi connectivity index (χ2v) is 7.12. The van der Waals surface area contributed by atoms with Crippen molar-refractivity contribution in [3.05, 3.63) is 57.3 Å². The molecule has 8 heteroatoms. The van der Waals surface area contributed by atoms with Gasteiger partial charge in [0, 0.05) is 11.0 Å². The average Bonchev–Trinajstić information content (AvgIpc) is 2.43. The molecule has 0 saturated heterocycles. The Balaban J connectivity index is 2.40. The van der Waals surface area contributed by atoms with Crippen LogP contribution in [0.25, 0.3) is 0 Å². The quantitative estimate of drug-likeness (QED) is 0.835. The lowest BCUT2D eigenvalue weighted by atomic mass is 10.2. The van der Waals surface area contributed by atoms with E-state index in [-0.39, 0.29) is 12.2 Å². The average molecular weight is 394 g/mol. The van der Waals surface area contributed by atoms with Crippen LogP contribution in [0.5, 0.6) is 0 Å². The first-order valence-electron chi connectivity index (χ1n) is 5.80. The van der Waals surface area contributed by atoms with Crippen LogP contribution in [-0.4, -0.2) is 8.42 Å². The highest BCUT2D eigenvalue weighted by Crippen LogP contribution is 2.27. The zero-order chi connectivity index (χ0) is 15.6. The fraction of sp³-hybridized carbons (Fsp3) is 0.0769. The van der Waals surface area contributed by atoms with Crippen molar-refractivity contribution >= 4 is 43.2 Å². The number of rotatable bonds is 4. The number of hydrogen-bond acceptors (Lipinski definition) is 3. The van der Waals surface area contributed by atoms with Crippen molar-refractivity contribution in [2.75, 3.05) is 4.72 Å². The van der Waals surface area contributed by atoms with Crippen molar-refractivity contribution in [1.82, 2.24) is 0 Å². The molecular weight excluding hydrogens is 383 g/mol. The van der Waals surface area contributed by atoms with Gasteiger partial charge in [0.05, 0.1) is 10.7 Å². The van der Waals surface area contributed by atoms with Gasteiger partial charge in [-0.05, 0) is 51.8 Å². The molecule has 2 rings (SSSR count). The summed E-state index contributed by atoms with van der Waals surface area (Å²) in [6, 6.07) is 8.22. The molecule has 0 atom stereocenters. The van der Waals surface area contributed by atoms with Crippen LogP contribution in [0.3, 0.4) is 0 Å². The van der Waals surface area contributed by atoms with E-state index in [9.17, 15) is 12.8 Å². The zero-order valence-electron chi connectivity index (χ0n) is 10.6.